The highest BCUT2D eigenvalue weighted by atomic mass is 79.9. The second-order valence-electron chi connectivity index (χ2n) is 3.50. The van der Waals surface area contributed by atoms with Gasteiger partial charge in [-0.2, -0.15) is 0 Å². The van der Waals surface area contributed by atoms with Crippen molar-refractivity contribution in [3.63, 3.8) is 0 Å². The molecular formula is C14H12BrO. The van der Waals surface area contributed by atoms with Gasteiger partial charge in [0, 0.05) is 11.6 Å². The fourth-order valence-corrected chi connectivity index (χ4v) is 2.13. The van der Waals surface area contributed by atoms with E-state index in [-0.39, 0.29) is 6.10 Å². The molecule has 2 heteroatoms. The third-order valence-corrected chi connectivity index (χ3v) is 2.93. The molecule has 0 aliphatic rings. The molecule has 0 amide bonds. The van der Waals surface area contributed by atoms with E-state index in [1.54, 1.807) is 7.11 Å². The quantitative estimate of drug-likeness (QED) is 0.823. The molecule has 1 radical (unpaired) electrons. The number of rotatable bonds is 3. The van der Waals surface area contributed by atoms with Crippen LogP contribution in [0, 0.1) is 6.07 Å². The normalized spacial score (nSPS) is 12.4. The van der Waals surface area contributed by atoms with Crippen molar-refractivity contribution in [1.29, 1.82) is 0 Å². The summed E-state index contributed by atoms with van der Waals surface area (Å²) in [7, 11) is 1.72. The van der Waals surface area contributed by atoms with Crippen LogP contribution in [-0.2, 0) is 4.74 Å². The van der Waals surface area contributed by atoms with Crippen molar-refractivity contribution in [3.05, 3.63) is 70.2 Å². The van der Waals surface area contributed by atoms with Gasteiger partial charge in [-0.15, -0.1) is 0 Å². The summed E-state index contributed by atoms with van der Waals surface area (Å²) in [5.41, 5.74) is 2.28. The van der Waals surface area contributed by atoms with Crippen LogP contribution in [-0.4, -0.2) is 7.11 Å². The third-order valence-electron chi connectivity index (χ3n) is 2.43. The molecule has 1 atom stereocenters. The van der Waals surface area contributed by atoms with Gasteiger partial charge >= 0.3 is 0 Å². The lowest BCUT2D eigenvalue weighted by molar-refractivity contribution is 0.136. The molecule has 81 valence electrons. The highest BCUT2D eigenvalue weighted by molar-refractivity contribution is 9.10. The second-order valence-corrected chi connectivity index (χ2v) is 4.42. The molecule has 0 aliphatic carbocycles. The molecule has 0 fully saturated rings. The molecule has 0 saturated heterocycles. The zero-order chi connectivity index (χ0) is 11.4. The Hall–Kier alpha value is -1.12. The first-order chi connectivity index (χ1) is 7.81. The Labute approximate surface area is 104 Å². The smallest absolute Gasteiger partial charge is 0.107 e. The van der Waals surface area contributed by atoms with E-state index in [1.807, 2.05) is 36.4 Å². The molecule has 0 aliphatic heterocycles. The second kappa shape index (κ2) is 5.28. The Morgan fingerprint density at radius 3 is 2.50 bits per heavy atom. The van der Waals surface area contributed by atoms with Crippen LogP contribution in [0.4, 0.5) is 0 Å². The minimum absolute atomic E-state index is 0.0212. The maximum Gasteiger partial charge on any atom is 0.107 e. The molecule has 2 aromatic carbocycles. The number of benzene rings is 2. The van der Waals surface area contributed by atoms with E-state index >= 15 is 0 Å². The monoisotopic (exact) mass is 275 g/mol. The first kappa shape index (κ1) is 11.4. The van der Waals surface area contributed by atoms with Crippen molar-refractivity contribution in [3.8, 4) is 0 Å². The van der Waals surface area contributed by atoms with E-state index in [9.17, 15) is 0 Å². The topological polar surface area (TPSA) is 9.23 Å². The van der Waals surface area contributed by atoms with Gasteiger partial charge in [-0.3, -0.25) is 0 Å². The van der Waals surface area contributed by atoms with Gasteiger partial charge < -0.3 is 4.74 Å². The average Bonchev–Trinajstić information content (AvgIpc) is 2.31. The van der Waals surface area contributed by atoms with Crippen LogP contribution < -0.4 is 0 Å². The van der Waals surface area contributed by atoms with Crippen molar-refractivity contribution >= 4 is 15.9 Å². The Morgan fingerprint density at radius 1 is 1.12 bits per heavy atom. The lowest BCUT2D eigenvalue weighted by atomic mass is 10.0. The summed E-state index contributed by atoms with van der Waals surface area (Å²) in [5.74, 6) is 0. The van der Waals surface area contributed by atoms with Gasteiger partial charge in [-0.25, -0.2) is 0 Å². The summed E-state index contributed by atoms with van der Waals surface area (Å²) in [6.45, 7) is 0. The number of hydrogen-bond acceptors (Lipinski definition) is 1. The van der Waals surface area contributed by atoms with Gasteiger partial charge in [0.2, 0.25) is 0 Å². The van der Waals surface area contributed by atoms with E-state index in [1.165, 1.54) is 0 Å². The van der Waals surface area contributed by atoms with E-state index in [0.29, 0.717) is 0 Å². The standard InChI is InChI=1S/C14H12BrO/c1-16-14(11-6-3-2-4-7-11)12-8-5-9-13(15)10-12/h3-10,14H,1H3. The Morgan fingerprint density at radius 2 is 1.88 bits per heavy atom. The van der Waals surface area contributed by atoms with Crippen LogP contribution in [0.5, 0.6) is 0 Å². The molecule has 0 spiro atoms. The minimum Gasteiger partial charge on any atom is -0.372 e. The first-order valence-corrected chi connectivity index (χ1v) is 5.85. The van der Waals surface area contributed by atoms with E-state index in [2.05, 4.69) is 34.1 Å². The van der Waals surface area contributed by atoms with Crippen LogP contribution in [0.25, 0.3) is 0 Å². The van der Waals surface area contributed by atoms with Crippen molar-refractivity contribution < 1.29 is 4.74 Å². The van der Waals surface area contributed by atoms with Crippen molar-refractivity contribution in [2.24, 2.45) is 0 Å². The summed E-state index contributed by atoms with van der Waals surface area (Å²) in [6, 6.07) is 19.0. The summed E-state index contributed by atoms with van der Waals surface area (Å²) in [5, 5.41) is 0. The SMILES string of the molecule is COC(c1cc[c]cc1)c1cccc(Br)c1. The molecule has 0 N–H and O–H groups in total. The maximum atomic E-state index is 5.54. The number of hydrogen-bond donors (Lipinski definition) is 0. The van der Waals surface area contributed by atoms with Crippen LogP contribution in [0.2, 0.25) is 0 Å². The highest BCUT2D eigenvalue weighted by Gasteiger charge is 2.12. The van der Waals surface area contributed by atoms with Gasteiger partial charge in [-0.05, 0) is 29.3 Å². The summed E-state index contributed by atoms with van der Waals surface area (Å²) in [6.07, 6.45) is -0.0212. The summed E-state index contributed by atoms with van der Waals surface area (Å²) in [4.78, 5) is 0. The largest absolute Gasteiger partial charge is 0.372 e. The summed E-state index contributed by atoms with van der Waals surface area (Å²) >= 11 is 3.47. The first-order valence-electron chi connectivity index (χ1n) is 5.05. The molecule has 2 rings (SSSR count). The predicted molar refractivity (Wildman–Crippen MR) is 68.3 cm³/mol. The summed E-state index contributed by atoms with van der Waals surface area (Å²) < 4.78 is 6.61. The predicted octanol–water partition coefficient (Wildman–Crippen LogP) is 3.99. The fourth-order valence-electron chi connectivity index (χ4n) is 1.71. The van der Waals surface area contributed by atoms with Gasteiger partial charge in [-0.1, -0.05) is 52.3 Å². The molecule has 0 aromatic heterocycles. The zero-order valence-electron chi connectivity index (χ0n) is 8.98. The van der Waals surface area contributed by atoms with E-state index < -0.39 is 0 Å². The van der Waals surface area contributed by atoms with Crippen molar-refractivity contribution in [2.45, 2.75) is 6.10 Å². The zero-order valence-corrected chi connectivity index (χ0v) is 10.6. The van der Waals surface area contributed by atoms with Gasteiger partial charge in [0.15, 0.2) is 0 Å². The van der Waals surface area contributed by atoms with Gasteiger partial charge in [0.25, 0.3) is 0 Å². The molecule has 1 nitrogen and oxygen atoms in total. The lowest BCUT2D eigenvalue weighted by Crippen LogP contribution is -2.03. The van der Waals surface area contributed by atoms with Crippen molar-refractivity contribution in [2.75, 3.05) is 7.11 Å². The molecular weight excluding hydrogens is 264 g/mol. The minimum atomic E-state index is -0.0212. The molecule has 1 unspecified atom stereocenters. The third kappa shape index (κ3) is 2.52. The van der Waals surface area contributed by atoms with Gasteiger partial charge in [0.1, 0.15) is 6.10 Å². The van der Waals surface area contributed by atoms with Crippen LogP contribution in [0.15, 0.2) is 53.0 Å². The molecule has 0 heterocycles. The number of methoxy groups -OCH3 is 1. The van der Waals surface area contributed by atoms with E-state index in [4.69, 9.17) is 4.74 Å². The lowest BCUT2D eigenvalue weighted by Gasteiger charge is -2.16. The molecule has 16 heavy (non-hydrogen) atoms. The Balaban J connectivity index is 2.37. The Bertz CT molecular complexity index is 453. The van der Waals surface area contributed by atoms with Gasteiger partial charge in [0.05, 0.1) is 0 Å². The van der Waals surface area contributed by atoms with Crippen LogP contribution >= 0.6 is 15.9 Å². The Kier molecular flexibility index (Phi) is 3.75. The molecule has 0 bridgehead atoms. The van der Waals surface area contributed by atoms with Crippen molar-refractivity contribution in [1.82, 2.24) is 0 Å². The average molecular weight is 276 g/mol. The number of ether oxygens (including phenoxy) is 1. The highest BCUT2D eigenvalue weighted by Crippen LogP contribution is 2.26. The van der Waals surface area contributed by atoms with E-state index in [0.717, 1.165) is 15.6 Å². The fraction of sp³-hybridized carbons (Fsp3) is 0.143. The molecule has 0 saturated carbocycles. The van der Waals surface area contributed by atoms with Crippen LogP contribution in [0.3, 0.4) is 0 Å². The maximum absolute atomic E-state index is 5.54. The van der Waals surface area contributed by atoms with Crippen LogP contribution in [0.1, 0.15) is 17.2 Å². The number of halogens is 1. The molecule has 2 aromatic rings.